The molecule has 2 heterocycles. The van der Waals surface area contributed by atoms with Crippen LogP contribution in [0.5, 0.6) is 0 Å². The summed E-state index contributed by atoms with van der Waals surface area (Å²) < 4.78 is 3.08. The van der Waals surface area contributed by atoms with Gasteiger partial charge >= 0.3 is 0 Å². The molecule has 62 heavy (non-hydrogen) atoms. The van der Waals surface area contributed by atoms with Gasteiger partial charge in [-0.3, -0.25) is 19.2 Å². The molecule has 0 N–H and O–H groups in total. The maximum atomic E-state index is 14.3. The fraction of sp³-hybridized carbons (Fsp3) is 0.321. The topological polar surface area (TPSA) is 68.3 Å². The summed E-state index contributed by atoms with van der Waals surface area (Å²) in [5, 5.41) is 0. The summed E-state index contributed by atoms with van der Waals surface area (Å²) in [6.45, 7) is 26.8. The van der Waals surface area contributed by atoms with Gasteiger partial charge in [0, 0.05) is 42.4 Å². The number of carbonyl (C=O) groups is 4. The van der Waals surface area contributed by atoms with Crippen molar-refractivity contribution < 1.29 is 19.2 Å². The number of hydrogen-bond acceptors (Lipinski definition) is 6. The van der Waals surface area contributed by atoms with E-state index < -0.39 is 0 Å². The number of ketones is 4. The molecular formula is C56H56O4S2. The summed E-state index contributed by atoms with van der Waals surface area (Å²) >= 11 is 2.95. The summed E-state index contributed by atoms with van der Waals surface area (Å²) in [4.78, 5) is 57.3. The van der Waals surface area contributed by atoms with Crippen molar-refractivity contribution in [2.45, 2.75) is 119 Å². The van der Waals surface area contributed by atoms with Crippen LogP contribution in [0.1, 0.15) is 193 Å². The molecule has 0 saturated carbocycles. The molecule has 2 aliphatic rings. The zero-order valence-corrected chi connectivity index (χ0v) is 39.6. The molecule has 8 rings (SSSR count). The molecular weight excluding hydrogens is 801 g/mol. The lowest BCUT2D eigenvalue weighted by Crippen LogP contribution is -2.10. The van der Waals surface area contributed by atoms with Crippen LogP contribution in [-0.4, -0.2) is 23.1 Å². The average molecular weight is 857 g/mol. The first-order chi connectivity index (χ1) is 29.4. The molecule has 316 valence electrons. The first kappa shape index (κ1) is 43.4. The molecule has 0 spiro atoms. The molecule has 2 aromatic heterocycles. The predicted molar refractivity (Wildman–Crippen MR) is 258 cm³/mol. The van der Waals surface area contributed by atoms with Crippen LogP contribution in [0.2, 0.25) is 0 Å². The van der Waals surface area contributed by atoms with E-state index in [1.54, 1.807) is 24.3 Å². The van der Waals surface area contributed by atoms with E-state index in [1.165, 1.54) is 56.1 Å². The third-order valence-corrected chi connectivity index (χ3v) is 15.2. The van der Waals surface area contributed by atoms with Gasteiger partial charge in [0.15, 0.2) is 23.1 Å². The van der Waals surface area contributed by atoms with E-state index in [4.69, 9.17) is 0 Å². The largest absolute Gasteiger partial charge is 0.288 e. The fourth-order valence-corrected chi connectivity index (χ4v) is 11.8. The summed E-state index contributed by atoms with van der Waals surface area (Å²) in [5.74, 6) is 0.227. The Kier molecular flexibility index (Phi) is 11.5. The maximum Gasteiger partial charge on any atom is 0.199 e. The van der Waals surface area contributed by atoms with E-state index in [1.807, 2.05) is 24.3 Å². The van der Waals surface area contributed by atoms with Gasteiger partial charge in [0.05, 0.1) is 20.2 Å². The molecule has 0 unspecified atom stereocenters. The zero-order valence-electron chi connectivity index (χ0n) is 38.0. The number of benzene rings is 4. The van der Waals surface area contributed by atoms with Gasteiger partial charge in [-0.1, -0.05) is 156 Å². The van der Waals surface area contributed by atoms with Crippen molar-refractivity contribution in [3.63, 3.8) is 0 Å². The van der Waals surface area contributed by atoms with Crippen LogP contribution in [0.3, 0.4) is 0 Å². The van der Waals surface area contributed by atoms with Gasteiger partial charge in [0.1, 0.15) is 0 Å². The van der Waals surface area contributed by atoms with Crippen LogP contribution >= 0.6 is 22.7 Å². The van der Waals surface area contributed by atoms with E-state index in [-0.39, 0.29) is 58.0 Å². The minimum Gasteiger partial charge on any atom is -0.288 e. The molecule has 0 saturated heterocycles. The highest BCUT2D eigenvalue weighted by Gasteiger charge is 2.36. The van der Waals surface area contributed by atoms with Gasteiger partial charge in [0.2, 0.25) is 0 Å². The molecule has 6 aromatic rings. The van der Waals surface area contributed by atoms with Crippen LogP contribution < -0.4 is 9.06 Å². The van der Waals surface area contributed by atoms with E-state index in [2.05, 4.69) is 119 Å². The summed E-state index contributed by atoms with van der Waals surface area (Å²) in [7, 11) is 0. The highest BCUT2D eigenvalue weighted by atomic mass is 32.1. The van der Waals surface area contributed by atoms with Crippen molar-refractivity contribution in [1.29, 1.82) is 0 Å². The number of thiophene rings is 2. The van der Waals surface area contributed by atoms with Crippen LogP contribution in [0.15, 0.2) is 84.9 Å². The zero-order chi connectivity index (χ0) is 44.6. The molecule has 0 atom stereocenters. The van der Waals surface area contributed by atoms with Crippen molar-refractivity contribution in [1.82, 2.24) is 0 Å². The van der Waals surface area contributed by atoms with Gasteiger partial charge in [-0.05, 0) is 92.1 Å². The van der Waals surface area contributed by atoms with Crippen LogP contribution in [0, 0.1) is 9.06 Å². The van der Waals surface area contributed by atoms with E-state index in [9.17, 15) is 19.2 Å². The Bertz CT molecular complexity index is 2770. The van der Waals surface area contributed by atoms with E-state index >= 15 is 0 Å². The van der Waals surface area contributed by atoms with Crippen molar-refractivity contribution in [3.05, 3.63) is 159 Å². The van der Waals surface area contributed by atoms with Gasteiger partial charge in [-0.2, -0.15) is 0 Å². The van der Waals surface area contributed by atoms with Crippen LogP contribution in [0.4, 0.5) is 0 Å². The number of hydrogen-bond donors (Lipinski definition) is 0. The molecule has 4 aromatic carbocycles. The van der Waals surface area contributed by atoms with E-state index in [0.29, 0.717) is 43.2 Å². The predicted octanol–water partition coefficient (Wildman–Crippen LogP) is 13.6. The number of Topliss-reactive ketones (excluding diaryl/α,β-unsaturated/α-hetero) is 4. The average Bonchev–Trinajstić information content (AvgIpc) is 3.98. The molecule has 6 heteroatoms. The molecule has 0 amide bonds. The minimum absolute atomic E-state index is 0.161. The Morgan fingerprint density at radius 1 is 0.339 bits per heavy atom. The molecule has 0 radical (unpaired) electrons. The Hall–Kier alpha value is -5.30. The number of rotatable bonds is 8. The third-order valence-electron chi connectivity index (χ3n) is 12.7. The van der Waals surface area contributed by atoms with Crippen LogP contribution in [-0.2, 0) is 0 Å². The van der Waals surface area contributed by atoms with Gasteiger partial charge in [-0.25, -0.2) is 0 Å². The Morgan fingerprint density at radius 2 is 0.597 bits per heavy atom. The van der Waals surface area contributed by atoms with Gasteiger partial charge in [0.25, 0.3) is 0 Å². The summed E-state index contributed by atoms with van der Waals surface area (Å²) in [6, 6.07) is 27.7. The number of fused-ring (bicyclic) bond motifs is 2. The fourth-order valence-electron chi connectivity index (χ4n) is 9.22. The van der Waals surface area contributed by atoms with Crippen molar-refractivity contribution in [2.75, 3.05) is 0 Å². The van der Waals surface area contributed by atoms with Crippen molar-refractivity contribution >= 4 is 57.0 Å². The Morgan fingerprint density at radius 3 is 0.823 bits per heavy atom. The lowest BCUT2D eigenvalue weighted by atomic mass is 9.81. The highest BCUT2D eigenvalue weighted by Crippen LogP contribution is 2.44. The lowest BCUT2D eigenvalue weighted by Gasteiger charge is -2.23. The molecule has 4 nitrogen and oxygen atoms in total. The van der Waals surface area contributed by atoms with Crippen molar-refractivity contribution in [3.8, 4) is 22.3 Å². The second-order valence-corrected chi connectivity index (χ2v) is 21.0. The quantitative estimate of drug-likeness (QED) is 0.153. The standard InChI is InChI=1S/C56H56O4S2/c1-27(2)33-21-39(29(5)6)47(40(22-33)30(7)8)43-25-45(49-51(57)35-17-13-14-18-36(35)52(49)58)61-55(43)56-44(48-41(31(9)10)23-34(28(3)4)24-42(48)32(11)12)26-46(62-56)50-53(59)37-19-15-16-20-38(37)54(50)60/h13-32H,1-12H3. The monoisotopic (exact) mass is 856 g/mol. The van der Waals surface area contributed by atoms with Gasteiger partial charge < -0.3 is 0 Å². The molecule has 2 aliphatic carbocycles. The maximum absolute atomic E-state index is 14.3. The van der Waals surface area contributed by atoms with Gasteiger partial charge in [-0.15, -0.1) is 22.7 Å². The van der Waals surface area contributed by atoms with Crippen molar-refractivity contribution in [2.24, 2.45) is 0 Å². The lowest BCUT2D eigenvalue weighted by molar-refractivity contribution is 0.101. The first-order valence-electron chi connectivity index (χ1n) is 22.2. The molecule has 0 bridgehead atoms. The first-order valence-corrected chi connectivity index (χ1v) is 23.8. The van der Waals surface area contributed by atoms with Crippen LogP contribution in [0.25, 0.3) is 33.4 Å². The normalized spacial score (nSPS) is 14.7. The SMILES string of the molecule is CC(C)c1cc(C(C)C)c(-c2cc(=C3C(=O)c4ccccc4C3=O)sc2=c2sc(=C3C(=O)c4ccccc4C3=O)cc2-c2c(C(C)C)cc(C(C)C)cc2C(C)C)c(C(C)C)c1. The Labute approximate surface area is 373 Å². The highest BCUT2D eigenvalue weighted by molar-refractivity contribution is 7.12. The summed E-state index contributed by atoms with van der Waals surface area (Å²) in [6.07, 6.45) is 0. The smallest absolute Gasteiger partial charge is 0.199 e. The third kappa shape index (κ3) is 7.13. The second-order valence-electron chi connectivity index (χ2n) is 18.9. The molecule has 0 fully saturated rings. The minimum atomic E-state index is -0.260. The van der Waals surface area contributed by atoms with E-state index in [0.717, 1.165) is 31.3 Å². The molecule has 0 aliphatic heterocycles. The Balaban J connectivity index is 1.66. The second kappa shape index (κ2) is 16.4. The summed E-state index contributed by atoms with van der Waals surface area (Å²) in [5.41, 5.74) is 13.6. The number of carbonyl (C=O) groups excluding carboxylic acids is 4.